The predicted molar refractivity (Wildman–Crippen MR) is 53.4 cm³/mol. The summed E-state index contributed by atoms with van der Waals surface area (Å²) in [6.45, 7) is 0. The Kier molecular flexibility index (Phi) is 3.02. The third-order valence-electron chi connectivity index (χ3n) is 2.24. The molecule has 0 fully saturated rings. The molecule has 1 aromatic heterocycles. The van der Waals surface area contributed by atoms with Crippen molar-refractivity contribution in [2.45, 2.75) is 6.18 Å². The molecule has 0 saturated heterocycles. The van der Waals surface area contributed by atoms with Crippen LogP contribution in [0.5, 0.6) is 0 Å². The number of alkyl halides is 3. The number of hydrogen-bond donors (Lipinski definition) is 0. The van der Waals surface area contributed by atoms with Crippen LogP contribution in [-0.2, 0) is 6.18 Å². The van der Waals surface area contributed by atoms with Gasteiger partial charge >= 0.3 is 6.18 Å². The fraction of sp³-hybridized carbons (Fsp3) is 0.0833. The predicted octanol–water partition coefficient (Wildman–Crippen LogP) is 3.85. The molecule has 2 aromatic rings. The Labute approximate surface area is 98.9 Å². The van der Waals surface area contributed by atoms with E-state index >= 15 is 0 Å². The molecule has 0 spiro atoms. The normalized spacial score (nSPS) is 11.6. The molecule has 1 heterocycles. The Hall–Kier alpha value is -1.98. The fourth-order valence-corrected chi connectivity index (χ4v) is 1.39. The van der Waals surface area contributed by atoms with Gasteiger partial charge in [0.25, 0.3) is 0 Å². The fourth-order valence-electron chi connectivity index (χ4n) is 1.39. The molecule has 6 heteroatoms. The van der Waals surface area contributed by atoms with Gasteiger partial charge in [-0.2, -0.15) is 17.6 Å². The van der Waals surface area contributed by atoms with Gasteiger partial charge in [-0.05, 0) is 23.8 Å². The van der Waals surface area contributed by atoms with Crippen molar-refractivity contribution in [3.8, 4) is 11.1 Å². The molecule has 0 aliphatic rings. The minimum absolute atomic E-state index is 0.0633. The number of hydrogen-bond acceptors (Lipinski definition) is 1. The maximum atomic E-state index is 12.9. The monoisotopic (exact) mass is 258 g/mol. The van der Waals surface area contributed by atoms with Crippen LogP contribution in [-0.4, -0.2) is 4.98 Å². The van der Waals surface area contributed by atoms with Gasteiger partial charge < -0.3 is 0 Å². The molecule has 1 aromatic carbocycles. The summed E-state index contributed by atoms with van der Waals surface area (Å²) in [6.07, 6.45) is -3.57. The average Bonchev–Trinajstić information content (AvgIpc) is 2.32. The van der Waals surface area contributed by atoms with Crippen LogP contribution < -0.4 is 0 Å². The maximum Gasteiger partial charge on any atom is 0.417 e. The molecule has 0 aliphatic carbocycles. The molecule has 0 atom stereocenters. The number of pyridine rings is 1. The van der Waals surface area contributed by atoms with Gasteiger partial charge in [0, 0.05) is 11.8 Å². The molecule has 1 nitrogen and oxygen atoms in total. The lowest BCUT2D eigenvalue weighted by atomic mass is 10.0. The highest BCUT2D eigenvalue weighted by atomic mass is 19.4. The van der Waals surface area contributed by atoms with Crippen molar-refractivity contribution >= 4 is 0 Å². The molecule has 0 aliphatic heterocycles. The quantitative estimate of drug-likeness (QED) is 0.559. The van der Waals surface area contributed by atoms with Crippen molar-refractivity contribution < 1.29 is 22.0 Å². The molecule has 0 unspecified atom stereocenters. The number of benzene rings is 1. The van der Waals surface area contributed by atoms with E-state index in [4.69, 9.17) is 0 Å². The summed E-state index contributed by atoms with van der Waals surface area (Å²) < 4.78 is 62.9. The van der Waals surface area contributed by atoms with Gasteiger partial charge in [-0.1, -0.05) is 12.1 Å². The summed E-state index contributed by atoms with van der Waals surface area (Å²) in [5.41, 5.74) is -0.828. The lowest BCUT2D eigenvalue weighted by Crippen LogP contribution is -2.04. The van der Waals surface area contributed by atoms with Crippen LogP contribution in [0.25, 0.3) is 11.1 Å². The minimum atomic E-state index is -4.54. The van der Waals surface area contributed by atoms with Gasteiger partial charge in [0.05, 0.1) is 5.56 Å². The molecule has 0 amide bonds. The zero-order chi connectivity index (χ0) is 13.3. The first kappa shape index (κ1) is 12.5. The third-order valence-corrected chi connectivity index (χ3v) is 2.24. The van der Waals surface area contributed by atoms with Crippen molar-refractivity contribution in [2.75, 3.05) is 0 Å². The first-order valence-electron chi connectivity index (χ1n) is 4.78. The maximum absolute atomic E-state index is 12.9. The van der Waals surface area contributed by atoms with Crippen molar-refractivity contribution in [1.82, 2.24) is 4.98 Å². The highest BCUT2D eigenvalue weighted by Crippen LogP contribution is 2.31. The van der Waals surface area contributed by atoms with Gasteiger partial charge in [-0.25, -0.2) is 9.37 Å². The minimum Gasteiger partial charge on any atom is -0.225 e. The van der Waals surface area contributed by atoms with Crippen LogP contribution in [0.1, 0.15) is 5.56 Å². The van der Waals surface area contributed by atoms with E-state index in [0.717, 1.165) is 24.4 Å². The Morgan fingerprint density at radius 1 is 1.06 bits per heavy atom. The van der Waals surface area contributed by atoms with Crippen LogP contribution in [0.15, 0.2) is 30.5 Å². The zero-order valence-corrected chi connectivity index (χ0v) is 8.72. The third kappa shape index (κ3) is 2.47. The van der Waals surface area contributed by atoms with Gasteiger partial charge in [0.1, 0.15) is 0 Å². The number of aromatic nitrogens is 1. The molecule has 0 N–H and O–H groups in total. The van der Waals surface area contributed by atoms with Gasteiger partial charge in [0.15, 0.2) is 5.82 Å². The first-order valence-corrected chi connectivity index (χ1v) is 4.78. The molecule has 2 rings (SSSR count). The Balaban J connectivity index is 2.48. The van der Waals surface area contributed by atoms with Crippen molar-refractivity contribution in [2.24, 2.45) is 0 Å². The van der Waals surface area contributed by atoms with E-state index in [9.17, 15) is 22.0 Å². The van der Waals surface area contributed by atoms with E-state index in [1.807, 2.05) is 6.07 Å². The molecule has 1 radical (unpaired) electrons. The molecule has 0 bridgehead atoms. The van der Waals surface area contributed by atoms with Crippen molar-refractivity contribution in [3.05, 3.63) is 53.9 Å². The molecule has 0 saturated carbocycles. The second-order valence-corrected chi connectivity index (χ2v) is 3.49. The van der Waals surface area contributed by atoms with Gasteiger partial charge in [0.2, 0.25) is 5.95 Å². The van der Waals surface area contributed by atoms with Crippen LogP contribution >= 0.6 is 0 Å². The van der Waals surface area contributed by atoms with E-state index in [1.165, 1.54) is 6.07 Å². The summed E-state index contributed by atoms with van der Waals surface area (Å²) in [4.78, 5) is 3.11. The summed E-state index contributed by atoms with van der Waals surface area (Å²) in [6, 6.07) is 6.00. The topological polar surface area (TPSA) is 12.9 Å². The van der Waals surface area contributed by atoms with E-state index < -0.39 is 23.5 Å². The standard InChI is InChI=1S/C12H5F5N/c13-10-5-8(6-18-11(10)14)7-2-1-3-9(4-7)12(15,16)17/h1-2,4-6H. The summed E-state index contributed by atoms with van der Waals surface area (Å²) in [5.74, 6) is -2.51. The zero-order valence-electron chi connectivity index (χ0n) is 8.72. The smallest absolute Gasteiger partial charge is 0.225 e. The van der Waals surface area contributed by atoms with Crippen LogP contribution in [0.3, 0.4) is 0 Å². The molecular weight excluding hydrogens is 253 g/mol. The van der Waals surface area contributed by atoms with Gasteiger partial charge in [-0.3, -0.25) is 0 Å². The summed E-state index contributed by atoms with van der Waals surface area (Å²) in [7, 11) is 0. The Bertz CT molecular complexity index is 577. The Morgan fingerprint density at radius 2 is 1.78 bits per heavy atom. The largest absolute Gasteiger partial charge is 0.417 e. The number of rotatable bonds is 1. The average molecular weight is 258 g/mol. The SMILES string of the molecule is Fc1cc(-c2cc[c]c(C(F)(F)F)c2)cnc1F. The van der Waals surface area contributed by atoms with E-state index in [2.05, 4.69) is 4.98 Å². The highest BCUT2D eigenvalue weighted by molar-refractivity contribution is 5.63. The van der Waals surface area contributed by atoms with E-state index in [-0.39, 0.29) is 11.1 Å². The molecule has 18 heavy (non-hydrogen) atoms. The Morgan fingerprint density at radius 3 is 2.39 bits per heavy atom. The van der Waals surface area contributed by atoms with Crippen LogP contribution in [0.4, 0.5) is 22.0 Å². The summed E-state index contributed by atoms with van der Waals surface area (Å²) >= 11 is 0. The summed E-state index contributed by atoms with van der Waals surface area (Å²) in [5, 5.41) is 0. The molecule has 93 valence electrons. The van der Waals surface area contributed by atoms with Crippen molar-refractivity contribution in [3.63, 3.8) is 0 Å². The van der Waals surface area contributed by atoms with Gasteiger partial charge in [-0.15, -0.1) is 0 Å². The molecular formula is C12H5F5N. The number of nitrogens with zero attached hydrogens (tertiary/aromatic N) is 1. The number of halogens is 5. The van der Waals surface area contributed by atoms with Crippen LogP contribution in [0, 0.1) is 17.8 Å². The highest BCUT2D eigenvalue weighted by Gasteiger charge is 2.30. The first-order chi connectivity index (χ1) is 8.38. The second kappa shape index (κ2) is 4.36. The lowest BCUT2D eigenvalue weighted by molar-refractivity contribution is -0.137. The van der Waals surface area contributed by atoms with Crippen LogP contribution in [0.2, 0.25) is 0 Å². The lowest BCUT2D eigenvalue weighted by Gasteiger charge is -2.08. The van der Waals surface area contributed by atoms with Crippen molar-refractivity contribution in [1.29, 1.82) is 0 Å². The van der Waals surface area contributed by atoms with E-state index in [1.54, 1.807) is 0 Å². The second-order valence-electron chi connectivity index (χ2n) is 3.49. The van der Waals surface area contributed by atoms with E-state index in [0.29, 0.717) is 0 Å².